The Balaban J connectivity index is 2.31. The largest absolute Gasteiger partial charge is 0.256 e. The topological polar surface area (TPSA) is 12.4 Å². The summed E-state index contributed by atoms with van der Waals surface area (Å²) in [5.74, 6) is -0.236. The Morgan fingerprint density at radius 3 is 2.44 bits per heavy atom. The maximum atomic E-state index is 13.5. The monoisotopic (exact) mass is 213 g/mol. The van der Waals surface area contributed by atoms with Gasteiger partial charge in [-0.25, -0.2) is 4.39 Å². The molecule has 2 aromatic rings. The molecule has 1 nitrogen and oxygen atoms in total. The van der Waals surface area contributed by atoms with Crippen LogP contribution in [0.3, 0.4) is 0 Å². The van der Waals surface area contributed by atoms with E-state index in [9.17, 15) is 4.39 Å². The van der Waals surface area contributed by atoms with E-state index >= 15 is 0 Å². The minimum absolute atomic E-state index is 0.236. The van der Waals surface area contributed by atoms with Gasteiger partial charge in [-0.2, -0.15) is 0 Å². The van der Waals surface area contributed by atoms with Gasteiger partial charge in [0.25, 0.3) is 0 Å². The van der Waals surface area contributed by atoms with Crippen LogP contribution in [0.5, 0.6) is 0 Å². The van der Waals surface area contributed by atoms with Crippen LogP contribution in [0.1, 0.15) is 11.1 Å². The Hall–Kier alpha value is -1.96. The van der Waals surface area contributed by atoms with Crippen molar-refractivity contribution in [3.63, 3.8) is 0 Å². The molecule has 80 valence electrons. The third kappa shape index (κ3) is 2.34. The SMILES string of the molecule is Cc1cccc(F)c1/C=N/c1ccccc1. The summed E-state index contributed by atoms with van der Waals surface area (Å²) in [7, 11) is 0. The number of nitrogens with zero attached hydrogens (tertiary/aromatic N) is 1. The maximum Gasteiger partial charge on any atom is 0.132 e. The molecule has 0 unspecified atom stereocenters. The fourth-order valence-corrected chi connectivity index (χ4v) is 1.46. The highest BCUT2D eigenvalue weighted by Gasteiger charge is 2.01. The molecule has 0 N–H and O–H groups in total. The van der Waals surface area contributed by atoms with Crippen LogP contribution < -0.4 is 0 Å². The molecule has 0 spiro atoms. The quantitative estimate of drug-likeness (QED) is 0.671. The van der Waals surface area contributed by atoms with Gasteiger partial charge in [0.1, 0.15) is 5.82 Å². The second-order valence-electron chi connectivity index (χ2n) is 3.56. The zero-order chi connectivity index (χ0) is 11.4. The first-order valence-electron chi connectivity index (χ1n) is 5.11. The molecule has 0 aromatic heterocycles. The molecule has 0 aliphatic carbocycles. The lowest BCUT2D eigenvalue weighted by Crippen LogP contribution is -1.91. The molecule has 0 heterocycles. The normalized spacial score (nSPS) is 10.9. The number of halogens is 1. The minimum atomic E-state index is -0.236. The molecular weight excluding hydrogens is 201 g/mol. The molecule has 0 radical (unpaired) electrons. The van der Waals surface area contributed by atoms with Crippen LogP contribution >= 0.6 is 0 Å². The molecule has 2 rings (SSSR count). The van der Waals surface area contributed by atoms with Crippen molar-refractivity contribution in [2.24, 2.45) is 4.99 Å². The van der Waals surface area contributed by atoms with Crippen LogP contribution in [0.4, 0.5) is 10.1 Å². The summed E-state index contributed by atoms with van der Waals surface area (Å²) in [6, 6.07) is 14.5. The first kappa shape index (κ1) is 10.6. The van der Waals surface area contributed by atoms with Crippen LogP contribution in [0.15, 0.2) is 53.5 Å². The Morgan fingerprint density at radius 2 is 1.75 bits per heavy atom. The number of hydrogen-bond donors (Lipinski definition) is 0. The molecular formula is C14H12FN. The van der Waals surface area contributed by atoms with Crippen molar-refractivity contribution in [3.8, 4) is 0 Å². The van der Waals surface area contributed by atoms with Crippen molar-refractivity contribution >= 4 is 11.9 Å². The summed E-state index contributed by atoms with van der Waals surface area (Å²) in [5.41, 5.74) is 2.26. The van der Waals surface area contributed by atoms with Crippen LogP contribution in [0.25, 0.3) is 0 Å². The number of aliphatic imine (C=N–C) groups is 1. The van der Waals surface area contributed by atoms with Gasteiger partial charge in [-0.05, 0) is 30.7 Å². The average molecular weight is 213 g/mol. The van der Waals surface area contributed by atoms with E-state index in [0.29, 0.717) is 5.56 Å². The Morgan fingerprint density at radius 1 is 1.00 bits per heavy atom. The molecule has 0 fully saturated rings. The summed E-state index contributed by atoms with van der Waals surface area (Å²) >= 11 is 0. The smallest absolute Gasteiger partial charge is 0.132 e. The van der Waals surface area contributed by atoms with E-state index in [0.717, 1.165) is 11.3 Å². The summed E-state index contributed by atoms with van der Waals surface area (Å²) in [6.07, 6.45) is 1.57. The van der Waals surface area contributed by atoms with Crippen molar-refractivity contribution in [2.45, 2.75) is 6.92 Å². The second kappa shape index (κ2) is 4.71. The number of rotatable bonds is 2. The van der Waals surface area contributed by atoms with Gasteiger partial charge >= 0.3 is 0 Å². The first-order valence-corrected chi connectivity index (χ1v) is 5.11. The zero-order valence-electron chi connectivity index (χ0n) is 9.02. The Bertz CT molecular complexity index is 483. The van der Waals surface area contributed by atoms with E-state index in [1.54, 1.807) is 12.3 Å². The molecule has 0 aliphatic rings. The van der Waals surface area contributed by atoms with Crippen molar-refractivity contribution in [2.75, 3.05) is 0 Å². The first-order chi connectivity index (χ1) is 7.77. The van der Waals surface area contributed by atoms with Gasteiger partial charge in [0.15, 0.2) is 0 Å². The van der Waals surface area contributed by atoms with E-state index in [-0.39, 0.29) is 5.82 Å². The van der Waals surface area contributed by atoms with Gasteiger partial charge < -0.3 is 0 Å². The third-order valence-corrected chi connectivity index (χ3v) is 2.37. The Kier molecular flexibility index (Phi) is 3.10. The van der Waals surface area contributed by atoms with Gasteiger partial charge in [-0.3, -0.25) is 4.99 Å². The molecule has 0 saturated carbocycles. The van der Waals surface area contributed by atoms with Crippen molar-refractivity contribution in [1.29, 1.82) is 0 Å². The van der Waals surface area contributed by atoms with E-state index in [4.69, 9.17) is 0 Å². The fraction of sp³-hybridized carbons (Fsp3) is 0.0714. The molecule has 0 atom stereocenters. The Labute approximate surface area is 94.3 Å². The highest BCUT2D eigenvalue weighted by Crippen LogP contribution is 2.13. The van der Waals surface area contributed by atoms with E-state index < -0.39 is 0 Å². The van der Waals surface area contributed by atoms with Crippen LogP contribution in [0.2, 0.25) is 0 Å². The number of para-hydroxylation sites is 1. The van der Waals surface area contributed by atoms with Crippen molar-refractivity contribution in [1.82, 2.24) is 0 Å². The van der Waals surface area contributed by atoms with Crippen LogP contribution in [-0.4, -0.2) is 6.21 Å². The second-order valence-corrected chi connectivity index (χ2v) is 3.56. The molecule has 0 aliphatic heterocycles. The predicted octanol–water partition coefficient (Wildman–Crippen LogP) is 3.88. The fourth-order valence-electron chi connectivity index (χ4n) is 1.46. The third-order valence-electron chi connectivity index (χ3n) is 2.37. The minimum Gasteiger partial charge on any atom is -0.256 e. The molecule has 2 heteroatoms. The van der Waals surface area contributed by atoms with Crippen LogP contribution in [0, 0.1) is 12.7 Å². The van der Waals surface area contributed by atoms with Gasteiger partial charge in [0.2, 0.25) is 0 Å². The van der Waals surface area contributed by atoms with E-state index in [1.165, 1.54) is 6.07 Å². The predicted molar refractivity (Wildman–Crippen MR) is 64.8 cm³/mol. The van der Waals surface area contributed by atoms with Gasteiger partial charge in [0.05, 0.1) is 5.69 Å². The lowest BCUT2D eigenvalue weighted by molar-refractivity contribution is 0.624. The van der Waals surface area contributed by atoms with E-state index in [2.05, 4.69) is 4.99 Å². The summed E-state index contributed by atoms with van der Waals surface area (Å²) in [5, 5.41) is 0. The zero-order valence-corrected chi connectivity index (χ0v) is 9.02. The van der Waals surface area contributed by atoms with Gasteiger partial charge in [-0.15, -0.1) is 0 Å². The van der Waals surface area contributed by atoms with E-state index in [1.807, 2.05) is 43.3 Å². The number of benzene rings is 2. The van der Waals surface area contributed by atoms with Crippen LogP contribution in [-0.2, 0) is 0 Å². The summed E-state index contributed by atoms with van der Waals surface area (Å²) in [6.45, 7) is 1.87. The van der Waals surface area contributed by atoms with Crippen molar-refractivity contribution < 1.29 is 4.39 Å². The molecule has 0 bridgehead atoms. The number of aryl methyl sites for hydroxylation is 1. The highest BCUT2D eigenvalue weighted by molar-refractivity contribution is 5.84. The van der Waals surface area contributed by atoms with Crippen molar-refractivity contribution in [3.05, 3.63) is 65.5 Å². The number of hydrogen-bond acceptors (Lipinski definition) is 1. The lowest BCUT2D eigenvalue weighted by Gasteiger charge is -2.00. The summed E-state index contributed by atoms with van der Waals surface area (Å²) < 4.78 is 13.5. The molecule has 2 aromatic carbocycles. The lowest BCUT2D eigenvalue weighted by atomic mass is 10.1. The molecule has 0 amide bonds. The molecule has 0 saturated heterocycles. The van der Waals surface area contributed by atoms with Gasteiger partial charge in [-0.1, -0.05) is 30.3 Å². The average Bonchev–Trinajstić information content (AvgIpc) is 2.30. The molecule has 16 heavy (non-hydrogen) atoms. The summed E-state index contributed by atoms with van der Waals surface area (Å²) in [4.78, 5) is 4.23. The van der Waals surface area contributed by atoms with Gasteiger partial charge in [0, 0.05) is 11.8 Å². The standard InChI is InChI=1S/C14H12FN/c1-11-6-5-9-14(15)13(11)10-16-12-7-3-2-4-8-12/h2-10H,1H3/b16-10+. The maximum absolute atomic E-state index is 13.5. The highest BCUT2D eigenvalue weighted by atomic mass is 19.1.